The van der Waals surface area contributed by atoms with Crippen LogP contribution in [0.3, 0.4) is 0 Å². The molecule has 0 fully saturated rings. The molecule has 0 aliphatic heterocycles. The Labute approximate surface area is 147 Å². The van der Waals surface area contributed by atoms with Crippen molar-refractivity contribution in [2.24, 2.45) is 7.05 Å². The van der Waals surface area contributed by atoms with E-state index in [9.17, 15) is 18.0 Å². The minimum atomic E-state index is -4.39. The highest BCUT2D eigenvalue weighted by Gasteiger charge is 2.32. The van der Waals surface area contributed by atoms with Crippen LogP contribution < -0.4 is 10.9 Å². The number of pyridine rings is 1. The van der Waals surface area contributed by atoms with Crippen LogP contribution >= 0.6 is 0 Å². The summed E-state index contributed by atoms with van der Waals surface area (Å²) in [5.74, 6) is 0.939. The summed E-state index contributed by atoms with van der Waals surface area (Å²) in [5.41, 5.74) is 0.339. The molecule has 136 valence electrons. The highest BCUT2D eigenvalue weighted by Crippen LogP contribution is 2.33. The van der Waals surface area contributed by atoms with Gasteiger partial charge in [-0.05, 0) is 31.0 Å². The summed E-state index contributed by atoms with van der Waals surface area (Å²) < 4.78 is 40.6. The maximum absolute atomic E-state index is 13.1. The minimum absolute atomic E-state index is 0.171. The Kier molecular flexibility index (Phi) is 4.43. The Morgan fingerprint density at radius 2 is 1.92 bits per heavy atom. The van der Waals surface area contributed by atoms with E-state index >= 15 is 0 Å². The van der Waals surface area contributed by atoms with E-state index in [1.807, 2.05) is 0 Å². The number of hydrogen-bond donors (Lipinski definition) is 1. The van der Waals surface area contributed by atoms with Crippen LogP contribution in [0.5, 0.6) is 0 Å². The number of anilines is 1. The maximum atomic E-state index is 13.1. The van der Waals surface area contributed by atoms with Gasteiger partial charge in [0.05, 0.1) is 16.5 Å². The summed E-state index contributed by atoms with van der Waals surface area (Å²) in [7, 11) is 1.61. The minimum Gasteiger partial charge on any atom is -0.365 e. The van der Waals surface area contributed by atoms with Crippen LogP contribution in [-0.4, -0.2) is 14.5 Å². The number of hydrogen-bond acceptors (Lipinski definition) is 4. The number of fused-ring (bicyclic) bond motifs is 1. The van der Waals surface area contributed by atoms with Gasteiger partial charge in [0.1, 0.15) is 11.6 Å². The lowest BCUT2D eigenvalue weighted by Crippen LogP contribution is -2.16. The van der Waals surface area contributed by atoms with E-state index in [1.165, 1.54) is 23.6 Å². The van der Waals surface area contributed by atoms with Gasteiger partial charge in [0, 0.05) is 25.9 Å². The number of halogens is 3. The zero-order valence-electron chi connectivity index (χ0n) is 14.5. The van der Waals surface area contributed by atoms with Gasteiger partial charge in [0.15, 0.2) is 0 Å². The second-order valence-corrected chi connectivity index (χ2v) is 6.08. The lowest BCUT2D eigenvalue weighted by atomic mass is 10.0. The molecule has 3 rings (SSSR count). The lowest BCUT2D eigenvalue weighted by Gasteiger charge is -2.15. The van der Waals surface area contributed by atoms with E-state index in [0.717, 1.165) is 6.07 Å². The summed E-state index contributed by atoms with van der Waals surface area (Å²) in [6.45, 7) is 3.31. The molecule has 0 bridgehead atoms. The first-order chi connectivity index (χ1) is 12.2. The first-order valence-electron chi connectivity index (χ1n) is 7.91. The summed E-state index contributed by atoms with van der Waals surface area (Å²) in [6, 6.07) is 5.51. The van der Waals surface area contributed by atoms with Gasteiger partial charge < -0.3 is 9.88 Å². The van der Waals surface area contributed by atoms with E-state index < -0.39 is 11.7 Å². The molecule has 1 aromatic carbocycles. The van der Waals surface area contributed by atoms with Crippen LogP contribution in [0.4, 0.5) is 19.0 Å². The molecule has 2 aromatic heterocycles. The molecular formula is C18H17F3N4O. The number of rotatable bonds is 3. The van der Waals surface area contributed by atoms with Crippen molar-refractivity contribution in [2.45, 2.75) is 26.6 Å². The molecule has 5 nitrogen and oxygen atoms in total. The van der Waals surface area contributed by atoms with Crippen LogP contribution in [-0.2, 0) is 19.8 Å². The van der Waals surface area contributed by atoms with Crippen molar-refractivity contribution in [3.63, 3.8) is 0 Å². The zero-order chi connectivity index (χ0) is 19.1. The second-order valence-electron chi connectivity index (χ2n) is 6.08. The number of benzene rings is 1. The number of nitrogens with zero attached hydrogens (tertiary/aromatic N) is 3. The van der Waals surface area contributed by atoms with E-state index in [1.54, 1.807) is 26.2 Å². The van der Waals surface area contributed by atoms with Gasteiger partial charge >= 0.3 is 6.18 Å². The zero-order valence-corrected chi connectivity index (χ0v) is 14.5. The van der Waals surface area contributed by atoms with Gasteiger partial charge in [-0.2, -0.15) is 13.2 Å². The third-order valence-corrected chi connectivity index (χ3v) is 4.22. The van der Waals surface area contributed by atoms with Crippen molar-refractivity contribution < 1.29 is 13.2 Å². The van der Waals surface area contributed by atoms with Gasteiger partial charge in [-0.3, -0.25) is 4.79 Å². The first kappa shape index (κ1) is 17.9. The molecule has 0 aliphatic rings. The van der Waals surface area contributed by atoms with Crippen LogP contribution in [0.15, 0.2) is 35.3 Å². The fourth-order valence-corrected chi connectivity index (χ4v) is 2.81. The third-order valence-electron chi connectivity index (χ3n) is 4.22. The Balaban J connectivity index is 1.99. The molecule has 3 aromatic rings. The molecule has 8 heteroatoms. The highest BCUT2D eigenvalue weighted by atomic mass is 19.4. The van der Waals surface area contributed by atoms with E-state index in [4.69, 9.17) is 0 Å². The number of nitrogens with one attached hydrogen (secondary N) is 1. The van der Waals surface area contributed by atoms with Gasteiger partial charge in [-0.1, -0.05) is 12.1 Å². The molecule has 0 saturated heterocycles. The van der Waals surface area contributed by atoms with Gasteiger partial charge in [0.2, 0.25) is 0 Å². The van der Waals surface area contributed by atoms with Crippen molar-refractivity contribution in [1.29, 1.82) is 0 Å². The van der Waals surface area contributed by atoms with E-state index in [0.29, 0.717) is 28.1 Å². The van der Waals surface area contributed by atoms with E-state index in [-0.39, 0.29) is 17.7 Å². The molecule has 1 N–H and O–H groups in total. The van der Waals surface area contributed by atoms with E-state index in [2.05, 4.69) is 15.3 Å². The second kappa shape index (κ2) is 6.44. The smallest absolute Gasteiger partial charge is 0.365 e. The molecule has 26 heavy (non-hydrogen) atoms. The molecule has 0 aliphatic carbocycles. The lowest BCUT2D eigenvalue weighted by molar-refractivity contribution is -0.138. The largest absolute Gasteiger partial charge is 0.416 e. The number of aromatic nitrogens is 3. The SMILES string of the molecule is Cc1nc(NCc2cccc(C(F)(F)F)c2C)c2cn(C)c(=O)cc2n1. The van der Waals surface area contributed by atoms with Gasteiger partial charge in [0.25, 0.3) is 5.56 Å². The monoisotopic (exact) mass is 362 g/mol. The third kappa shape index (κ3) is 3.40. The summed E-state index contributed by atoms with van der Waals surface area (Å²) in [4.78, 5) is 20.4. The molecule has 0 amide bonds. The Morgan fingerprint density at radius 1 is 1.19 bits per heavy atom. The van der Waals surface area contributed by atoms with Gasteiger partial charge in [-0.25, -0.2) is 9.97 Å². The van der Waals surface area contributed by atoms with Crippen molar-refractivity contribution in [3.8, 4) is 0 Å². The van der Waals surface area contributed by atoms with Gasteiger partial charge in [-0.15, -0.1) is 0 Å². The predicted octanol–water partition coefficient (Wildman–Crippen LogP) is 3.58. The predicted molar refractivity (Wildman–Crippen MR) is 93.0 cm³/mol. The van der Waals surface area contributed by atoms with Crippen LogP contribution in [0, 0.1) is 13.8 Å². The average Bonchev–Trinajstić information content (AvgIpc) is 2.54. The quantitative estimate of drug-likeness (QED) is 0.774. The topological polar surface area (TPSA) is 59.8 Å². The number of aryl methyl sites for hydroxylation is 2. The molecule has 0 atom stereocenters. The van der Waals surface area contributed by atoms with Crippen molar-refractivity contribution >= 4 is 16.7 Å². The van der Waals surface area contributed by atoms with Crippen LogP contribution in [0.25, 0.3) is 10.9 Å². The summed E-state index contributed by atoms with van der Waals surface area (Å²) in [5, 5.41) is 3.70. The Hall–Kier alpha value is -2.90. The molecular weight excluding hydrogens is 345 g/mol. The maximum Gasteiger partial charge on any atom is 0.416 e. The Bertz CT molecular complexity index is 1040. The van der Waals surface area contributed by atoms with Crippen LogP contribution in [0.1, 0.15) is 22.5 Å². The highest BCUT2D eigenvalue weighted by molar-refractivity contribution is 5.88. The molecule has 0 spiro atoms. The summed E-state index contributed by atoms with van der Waals surface area (Å²) in [6.07, 6.45) is -2.78. The first-order valence-corrected chi connectivity index (χ1v) is 7.91. The van der Waals surface area contributed by atoms with Crippen LogP contribution in [0.2, 0.25) is 0 Å². The summed E-state index contributed by atoms with van der Waals surface area (Å²) >= 11 is 0. The van der Waals surface area contributed by atoms with Crippen molar-refractivity contribution in [1.82, 2.24) is 14.5 Å². The molecule has 0 unspecified atom stereocenters. The standard InChI is InChI=1S/C18H17F3N4O/c1-10-12(5-4-6-14(10)18(19,20)21)8-22-17-13-9-25(3)16(26)7-15(13)23-11(2)24-17/h4-7,9H,8H2,1-3H3,(H,22,23,24). The average molecular weight is 362 g/mol. The van der Waals surface area contributed by atoms with Crippen molar-refractivity contribution in [3.05, 3.63) is 63.3 Å². The number of alkyl halides is 3. The molecule has 2 heterocycles. The fraction of sp³-hybridized carbons (Fsp3) is 0.278. The van der Waals surface area contributed by atoms with Crippen molar-refractivity contribution in [2.75, 3.05) is 5.32 Å². The molecule has 0 saturated carbocycles. The normalized spacial score (nSPS) is 11.8. The fourth-order valence-electron chi connectivity index (χ4n) is 2.81. The molecule has 0 radical (unpaired) electrons. The Morgan fingerprint density at radius 3 is 2.62 bits per heavy atom.